The predicted molar refractivity (Wildman–Crippen MR) is 81.7 cm³/mol. The molecule has 0 aliphatic rings. The zero-order valence-electron chi connectivity index (χ0n) is 11.9. The first kappa shape index (κ1) is 17.3. The Morgan fingerprint density at radius 3 is 2.70 bits per heavy atom. The summed E-state index contributed by atoms with van der Waals surface area (Å²) >= 11 is 1.68. The van der Waals surface area contributed by atoms with Crippen molar-refractivity contribution in [3.63, 3.8) is 0 Å². The van der Waals surface area contributed by atoms with Crippen LogP contribution in [0.4, 0.5) is 0 Å². The van der Waals surface area contributed by atoms with Crippen molar-refractivity contribution in [1.82, 2.24) is 4.72 Å². The van der Waals surface area contributed by atoms with Gasteiger partial charge in [-0.2, -0.15) is 11.8 Å². The average molecular weight is 319 g/mol. The van der Waals surface area contributed by atoms with Crippen LogP contribution in [0.25, 0.3) is 0 Å². The van der Waals surface area contributed by atoms with Gasteiger partial charge in [0, 0.05) is 6.04 Å². The summed E-state index contributed by atoms with van der Waals surface area (Å²) in [6.45, 7) is 1.68. The van der Waals surface area contributed by atoms with E-state index in [2.05, 4.69) is 4.72 Å². The molecule has 0 aliphatic carbocycles. The summed E-state index contributed by atoms with van der Waals surface area (Å²) in [7, 11) is -2.21. The molecule has 1 aromatic carbocycles. The van der Waals surface area contributed by atoms with Crippen LogP contribution in [0.5, 0.6) is 5.75 Å². The maximum atomic E-state index is 12.3. The average Bonchev–Trinajstić information content (AvgIpc) is 2.43. The maximum absolute atomic E-state index is 12.3. The van der Waals surface area contributed by atoms with Gasteiger partial charge in [-0.3, -0.25) is 0 Å². The van der Waals surface area contributed by atoms with Gasteiger partial charge in [0.25, 0.3) is 0 Å². The second-order valence-electron chi connectivity index (χ2n) is 4.45. The normalized spacial score (nSPS) is 13.2. The van der Waals surface area contributed by atoms with Gasteiger partial charge in [0.15, 0.2) is 0 Å². The molecule has 1 atom stereocenters. The van der Waals surface area contributed by atoms with Crippen molar-refractivity contribution in [1.29, 1.82) is 0 Å². The van der Waals surface area contributed by atoms with E-state index in [1.807, 2.05) is 13.2 Å². The highest BCUT2D eigenvalue weighted by atomic mass is 32.2. The highest BCUT2D eigenvalue weighted by Gasteiger charge is 2.21. The number of aliphatic hydroxyl groups excluding tert-OH is 1. The van der Waals surface area contributed by atoms with Crippen LogP contribution >= 0.6 is 11.8 Å². The number of sulfonamides is 1. The summed E-state index contributed by atoms with van der Waals surface area (Å²) in [5.41, 5.74) is 0.608. The Hall–Kier alpha value is -0.760. The number of rotatable bonds is 8. The number of hydrogen-bond acceptors (Lipinski definition) is 5. The van der Waals surface area contributed by atoms with Gasteiger partial charge in [-0.1, -0.05) is 6.07 Å². The zero-order valence-corrected chi connectivity index (χ0v) is 13.6. The number of hydrogen-bond donors (Lipinski definition) is 2. The highest BCUT2D eigenvalue weighted by Crippen LogP contribution is 2.25. The first-order valence-electron chi connectivity index (χ1n) is 6.23. The maximum Gasteiger partial charge on any atom is 0.244 e. The second kappa shape index (κ2) is 7.87. The Morgan fingerprint density at radius 2 is 2.15 bits per heavy atom. The molecule has 0 spiro atoms. The van der Waals surface area contributed by atoms with E-state index < -0.39 is 10.0 Å². The Labute approximate surface area is 124 Å². The van der Waals surface area contributed by atoms with E-state index in [9.17, 15) is 8.42 Å². The number of thioether (sulfide) groups is 1. The summed E-state index contributed by atoms with van der Waals surface area (Å²) < 4.78 is 32.4. The molecule has 20 heavy (non-hydrogen) atoms. The molecule has 2 N–H and O–H groups in total. The molecule has 1 unspecified atom stereocenters. The fraction of sp³-hybridized carbons (Fsp3) is 0.538. The minimum Gasteiger partial charge on any atom is -0.495 e. The number of ether oxygens (including phenoxy) is 1. The van der Waals surface area contributed by atoms with Crippen LogP contribution in [0.3, 0.4) is 0 Å². The van der Waals surface area contributed by atoms with Gasteiger partial charge < -0.3 is 9.84 Å². The van der Waals surface area contributed by atoms with Gasteiger partial charge in [0.05, 0.1) is 13.7 Å². The molecule has 0 saturated carbocycles. The third kappa shape index (κ3) is 4.66. The SMILES string of the molecule is COc1cc(CO)ccc1S(=O)(=O)NC(C)CCSC. The van der Waals surface area contributed by atoms with Crippen molar-refractivity contribution in [3.8, 4) is 5.75 Å². The lowest BCUT2D eigenvalue weighted by Crippen LogP contribution is -2.33. The molecule has 7 heteroatoms. The minimum absolute atomic E-state index is 0.0909. The van der Waals surface area contributed by atoms with Crippen LogP contribution in [0.2, 0.25) is 0 Å². The first-order valence-corrected chi connectivity index (χ1v) is 9.11. The number of methoxy groups -OCH3 is 1. The van der Waals surface area contributed by atoms with E-state index in [0.29, 0.717) is 5.56 Å². The van der Waals surface area contributed by atoms with E-state index in [0.717, 1.165) is 12.2 Å². The van der Waals surface area contributed by atoms with Crippen molar-refractivity contribution in [2.24, 2.45) is 0 Å². The molecule has 0 amide bonds. The lowest BCUT2D eigenvalue weighted by atomic mass is 10.2. The smallest absolute Gasteiger partial charge is 0.244 e. The number of nitrogens with one attached hydrogen (secondary N) is 1. The zero-order chi connectivity index (χ0) is 15.2. The molecule has 1 aromatic rings. The summed E-state index contributed by atoms with van der Waals surface area (Å²) in [4.78, 5) is 0.0909. The summed E-state index contributed by atoms with van der Waals surface area (Å²) in [6, 6.07) is 4.41. The second-order valence-corrected chi connectivity index (χ2v) is 7.12. The van der Waals surface area contributed by atoms with Crippen molar-refractivity contribution in [3.05, 3.63) is 23.8 Å². The molecular formula is C13H21NO4S2. The molecular weight excluding hydrogens is 298 g/mol. The molecule has 0 aliphatic heterocycles. The molecule has 0 heterocycles. The van der Waals surface area contributed by atoms with E-state index in [1.165, 1.54) is 19.2 Å². The molecule has 0 saturated heterocycles. The third-order valence-electron chi connectivity index (χ3n) is 2.81. The minimum atomic E-state index is -3.62. The number of aliphatic hydroxyl groups is 1. The Morgan fingerprint density at radius 1 is 1.45 bits per heavy atom. The van der Waals surface area contributed by atoms with Crippen LogP contribution in [0.15, 0.2) is 23.1 Å². The molecule has 5 nitrogen and oxygen atoms in total. The third-order valence-corrected chi connectivity index (χ3v) is 5.08. The number of benzene rings is 1. The van der Waals surface area contributed by atoms with Crippen molar-refractivity contribution >= 4 is 21.8 Å². The fourth-order valence-electron chi connectivity index (χ4n) is 1.71. The van der Waals surface area contributed by atoms with E-state index in [4.69, 9.17) is 9.84 Å². The van der Waals surface area contributed by atoms with E-state index in [-0.39, 0.29) is 23.3 Å². The monoisotopic (exact) mass is 319 g/mol. The van der Waals surface area contributed by atoms with Crippen molar-refractivity contribution in [2.45, 2.75) is 30.9 Å². The molecule has 1 rings (SSSR count). The standard InChI is InChI=1S/C13H21NO4S2/c1-10(6-7-19-3)14-20(16,17)13-5-4-11(9-15)8-12(13)18-2/h4-5,8,10,14-15H,6-7,9H2,1-3H3. The van der Waals surface area contributed by atoms with Gasteiger partial charge in [0.1, 0.15) is 10.6 Å². The molecule has 0 fully saturated rings. The van der Waals surface area contributed by atoms with Gasteiger partial charge in [-0.05, 0) is 43.0 Å². The molecule has 114 valence electrons. The van der Waals surface area contributed by atoms with Crippen molar-refractivity contribution in [2.75, 3.05) is 19.1 Å². The highest BCUT2D eigenvalue weighted by molar-refractivity contribution is 7.98. The summed E-state index contributed by atoms with van der Waals surface area (Å²) in [5.74, 6) is 1.13. The topological polar surface area (TPSA) is 75.6 Å². The van der Waals surface area contributed by atoms with Crippen LogP contribution in [-0.2, 0) is 16.6 Å². The van der Waals surface area contributed by atoms with Crippen molar-refractivity contribution < 1.29 is 18.3 Å². The summed E-state index contributed by atoms with van der Waals surface area (Å²) in [5, 5.41) is 9.07. The first-order chi connectivity index (χ1) is 9.44. The predicted octanol–water partition coefficient (Wildman–Crippen LogP) is 1.61. The molecule has 0 bridgehead atoms. The van der Waals surface area contributed by atoms with Gasteiger partial charge in [0.2, 0.25) is 10.0 Å². The lowest BCUT2D eigenvalue weighted by Gasteiger charge is -2.16. The Kier molecular flexibility index (Phi) is 6.81. The Bertz CT molecular complexity index is 531. The fourth-order valence-corrected chi connectivity index (χ4v) is 3.73. The largest absolute Gasteiger partial charge is 0.495 e. The molecule has 0 aromatic heterocycles. The molecule has 0 radical (unpaired) electrons. The van der Waals surface area contributed by atoms with Crippen LogP contribution in [0, 0.1) is 0 Å². The Balaban J connectivity index is 2.97. The quantitative estimate of drug-likeness (QED) is 0.761. The van der Waals surface area contributed by atoms with E-state index in [1.54, 1.807) is 17.8 Å². The van der Waals surface area contributed by atoms with Crippen LogP contribution < -0.4 is 9.46 Å². The van der Waals surface area contributed by atoms with Gasteiger partial charge >= 0.3 is 0 Å². The summed E-state index contributed by atoms with van der Waals surface area (Å²) in [6.07, 6.45) is 2.75. The van der Waals surface area contributed by atoms with E-state index >= 15 is 0 Å². The van der Waals surface area contributed by atoms with Crippen LogP contribution in [0.1, 0.15) is 18.9 Å². The van der Waals surface area contributed by atoms with Crippen LogP contribution in [-0.4, -0.2) is 38.7 Å². The lowest BCUT2D eigenvalue weighted by molar-refractivity contribution is 0.280. The van der Waals surface area contributed by atoms with Gasteiger partial charge in [-0.25, -0.2) is 13.1 Å². The van der Waals surface area contributed by atoms with Gasteiger partial charge in [-0.15, -0.1) is 0 Å².